The molecule has 0 fully saturated rings. The molecule has 2 heterocycles. The maximum atomic E-state index is 10.9. The summed E-state index contributed by atoms with van der Waals surface area (Å²) in [6.45, 7) is 5.31. The minimum absolute atomic E-state index is 0.495. The third kappa shape index (κ3) is 5.38. The molecule has 0 saturated carbocycles. The van der Waals surface area contributed by atoms with Crippen LogP contribution in [0.25, 0.3) is 27.4 Å². The van der Waals surface area contributed by atoms with Crippen LogP contribution in [0.2, 0.25) is 0 Å². The maximum Gasteiger partial charge on any atom is 0.328 e. The summed E-state index contributed by atoms with van der Waals surface area (Å²) in [4.78, 5) is 21.3. The van der Waals surface area contributed by atoms with Gasteiger partial charge in [-0.15, -0.1) is 11.3 Å². The number of aryl methyl sites for hydroxylation is 1. The molecule has 2 aromatic carbocycles. The molecule has 0 amide bonds. The Morgan fingerprint density at radius 1 is 1.18 bits per heavy atom. The van der Waals surface area contributed by atoms with Crippen LogP contribution in [-0.2, 0) is 11.2 Å². The minimum Gasteiger partial charge on any atom is -0.492 e. The molecule has 0 bridgehead atoms. The summed E-state index contributed by atoms with van der Waals surface area (Å²) >= 11 is 1.43. The lowest BCUT2D eigenvalue weighted by atomic mass is 9.98. The number of ether oxygens (including phenoxy) is 1. The van der Waals surface area contributed by atoms with Gasteiger partial charge in [-0.1, -0.05) is 36.4 Å². The van der Waals surface area contributed by atoms with Crippen LogP contribution < -0.4 is 10.1 Å². The van der Waals surface area contributed by atoms with Gasteiger partial charge in [-0.2, -0.15) is 0 Å². The average Bonchev–Trinajstić information content (AvgIpc) is 3.23. The molecule has 7 heteroatoms. The Hall–Kier alpha value is -3.71. The topological polar surface area (TPSA) is 84.3 Å². The second kappa shape index (κ2) is 10.3. The molecule has 0 saturated heterocycles. The van der Waals surface area contributed by atoms with E-state index >= 15 is 0 Å². The number of benzene rings is 2. The molecule has 0 spiro atoms. The predicted octanol–water partition coefficient (Wildman–Crippen LogP) is 5.82. The quantitative estimate of drug-likeness (QED) is 0.307. The summed E-state index contributed by atoms with van der Waals surface area (Å²) in [5, 5.41) is 14.9. The van der Waals surface area contributed by atoms with Gasteiger partial charge in [0.1, 0.15) is 17.9 Å². The van der Waals surface area contributed by atoms with E-state index in [0.717, 1.165) is 40.3 Å². The van der Waals surface area contributed by atoms with E-state index in [4.69, 9.17) is 9.84 Å². The molecule has 0 aliphatic heterocycles. The molecule has 33 heavy (non-hydrogen) atoms. The van der Waals surface area contributed by atoms with Crippen molar-refractivity contribution in [1.29, 1.82) is 0 Å². The lowest BCUT2D eigenvalue weighted by Gasteiger charge is -2.11. The number of carboxylic acids is 1. The number of nitrogens with zero attached hydrogens (tertiary/aromatic N) is 2. The van der Waals surface area contributed by atoms with Gasteiger partial charge in [0, 0.05) is 24.8 Å². The first-order chi connectivity index (χ1) is 16.0. The summed E-state index contributed by atoms with van der Waals surface area (Å²) in [6, 6.07) is 16.6. The zero-order chi connectivity index (χ0) is 23.2. The summed E-state index contributed by atoms with van der Waals surface area (Å²) in [6.07, 6.45) is 5.08. The molecular weight excluding hydrogens is 434 g/mol. The predicted molar refractivity (Wildman–Crippen MR) is 134 cm³/mol. The Morgan fingerprint density at radius 3 is 2.85 bits per heavy atom. The first kappa shape index (κ1) is 22.5. The van der Waals surface area contributed by atoms with Gasteiger partial charge >= 0.3 is 5.97 Å². The van der Waals surface area contributed by atoms with Crippen molar-refractivity contribution in [2.24, 2.45) is 0 Å². The van der Waals surface area contributed by atoms with Crippen molar-refractivity contribution in [3.8, 4) is 16.3 Å². The Labute approximate surface area is 196 Å². The fraction of sp³-hybridized carbons (Fsp3) is 0.192. The molecule has 0 aliphatic rings. The first-order valence-corrected chi connectivity index (χ1v) is 11.6. The Balaban J connectivity index is 1.48. The van der Waals surface area contributed by atoms with E-state index in [1.807, 2.05) is 19.1 Å². The SMILES string of the molecule is CCOc1cc(-c2cc(NCCc3ccc4ccccc4c3C)ncn2)sc1/C=C/C(=O)O. The number of thiophene rings is 1. The van der Waals surface area contributed by atoms with E-state index in [1.165, 1.54) is 39.6 Å². The lowest BCUT2D eigenvalue weighted by Crippen LogP contribution is -2.07. The largest absolute Gasteiger partial charge is 0.492 e. The molecule has 0 atom stereocenters. The van der Waals surface area contributed by atoms with Crippen molar-refractivity contribution in [3.63, 3.8) is 0 Å². The van der Waals surface area contributed by atoms with E-state index in [1.54, 1.807) is 6.08 Å². The Bertz CT molecular complexity index is 1310. The Morgan fingerprint density at radius 2 is 2.03 bits per heavy atom. The number of hydrogen-bond donors (Lipinski definition) is 2. The lowest BCUT2D eigenvalue weighted by molar-refractivity contribution is -0.131. The number of aliphatic carboxylic acids is 1. The van der Waals surface area contributed by atoms with Gasteiger partial charge in [0.05, 0.1) is 22.1 Å². The van der Waals surface area contributed by atoms with Gasteiger partial charge in [-0.3, -0.25) is 0 Å². The summed E-state index contributed by atoms with van der Waals surface area (Å²) in [5.74, 6) is 0.393. The maximum absolute atomic E-state index is 10.9. The van der Waals surface area contributed by atoms with Crippen molar-refractivity contribution in [2.45, 2.75) is 20.3 Å². The molecule has 2 N–H and O–H groups in total. The fourth-order valence-electron chi connectivity index (χ4n) is 3.70. The highest BCUT2D eigenvalue weighted by Crippen LogP contribution is 2.37. The van der Waals surface area contributed by atoms with E-state index < -0.39 is 5.97 Å². The highest BCUT2D eigenvalue weighted by Gasteiger charge is 2.12. The van der Waals surface area contributed by atoms with Crippen LogP contribution in [-0.4, -0.2) is 34.2 Å². The van der Waals surface area contributed by atoms with Gasteiger partial charge in [0.25, 0.3) is 0 Å². The number of anilines is 1. The molecule has 6 nitrogen and oxygen atoms in total. The van der Waals surface area contributed by atoms with Crippen LogP contribution in [0.4, 0.5) is 5.82 Å². The normalized spacial score (nSPS) is 11.2. The van der Waals surface area contributed by atoms with E-state index in [2.05, 4.69) is 58.6 Å². The van der Waals surface area contributed by atoms with E-state index in [-0.39, 0.29) is 0 Å². The van der Waals surface area contributed by atoms with Gasteiger partial charge in [-0.05, 0) is 48.2 Å². The van der Waals surface area contributed by atoms with Crippen LogP contribution >= 0.6 is 11.3 Å². The smallest absolute Gasteiger partial charge is 0.328 e. The third-order valence-corrected chi connectivity index (χ3v) is 6.44. The van der Waals surface area contributed by atoms with Crippen molar-refractivity contribution >= 4 is 40.0 Å². The minimum atomic E-state index is -0.998. The van der Waals surface area contributed by atoms with Gasteiger partial charge in [-0.25, -0.2) is 14.8 Å². The molecule has 4 rings (SSSR count). The zero-order valence-corrected chi connectivity index (χ0v) is 19.4. The molecule has 0 radical (unpaired) electrons. The van der Waals surface area contributed by atoms with Gasteiger partial charge in [0.2, 0.25) is 0 Å². The number of hydrogen-bond acceptors (Lipinski definition) is 6. The summed E-state index contributed by atoms with van der Waals surface area (Å²) in [7, 11) is 0. The van der Waals surface area contributed by atoms with Crippen molar-refractivity contribution < 1.29 is 14.6 Å². The molecule has 2 aromatic heterocycles. The fourth-order valence-corrected chi connectivity index (χ4v) is 4.68. The zero-order valence-electron chi connectivity index (χ0n) is 18.5. The molecule has 0 aliphatic carbocycles. The highest BCUT2D eigenvalue weighted by atomic mass is 32.1. The second-order valence-corrected chi connectivity index (χ2v) is 8.56. The first-order valence-electron chi connectivity index (χ1n) is 10.8. The van der Waals surface area contributed by atoms with E-state index in [9.17, 15) is 4.79 Å². The van der Waals surface area contributed by atoms with Crippen molar-refractivity contribution in [2.75, 3.05) is 18.5 Å². The standard InChI is InChI=1S/C26H25N3O3S/c1-3-32-22-15-24(33-23(22)10-11-26(30)31)21-14-25(29-16-28-21)27-13-12-18-8-9-19-6-4-5-7-20(19)17(18)2/h4-11,14-16H,3,12-13H2,1-2H3,(H,30,31)(H,27,28,29)/b11-10+. The van der Waals surface area contributed by atoms with Crippen LogP contribution in [0.5, 0.6) is 5.75 Å². The van der Waals surface area contributed by atoms with Crippen molar-refractivity contribution in [1.82, 2.24) is 9.97 Å². The summed E-state index contributed by atoms with van der Waals surface area (Å²) < 4.78 is 5.66. The number of carbonyl (C=O) groups is 1. The van der Waals surface area contributed by atoms with Crippen LogP contribution in [0.3, 0.4) is 0 Å². The second-order valence-electron chi connectivity index (χ2n) is 7.48. The number of carboxylic acid groups (broad SMARTS) is 1. The molecule has 168 valence electrons. The van der Waals surface area contributed by atoms with Crippen LogP contribution in [0.15, 0.2) is 60.9 Å². The monoisotopic (exact) mass is 459 g/mol. The number of aromatic nitrogens is 2. The Kier molecular flexibility index (Phi) is 7.00. The average molecular weight is 460 g/mol. The molecule has 4 aromatic rings. The van der Waals surface area contributed by atoms with Gasteiger partial charge in [0.15, 0.2) is 0 Å². The van der Waals surface area contributed by atoms with E-state index in [0.29, 0.717) is 12.4 Å². The van der Waals surface area contributed by atoms with Gasteiger partial charge < -0.3 is 15.2 Å². The number of nitrogens with one attached hydrogen (secondary N) is 1. The highest BCUT2D eigenvalue weighted by molar-refractivity contribution is 7.16. The number of rotatable bonds is 9. The third-order valence-electron chi connectivity index (χ3n) is 5.33. The summed E-state index contributed by atoms with van der Waals surface area (Å²) in [5.41, 5.74) is 3.38. The molecular formula is C26H25N3O3S. The van der Waals surface area contributed by atoms with Crippen LogP contribution in [0, 0.1) is 6.92 Å². The molecule has 0 unspecified atom stereocenters. The van der Waals surface area contributed by atoms with Crippen molar-refractivity contribution in [3.05, 3.63) is 76.9 Å². The number of fused-ring (bicyclic) bond motifs is 1. The van der Waals surface area contributed by atoms with Crippen LogP contribution in [0.1, 0.15) is 22.9 Å².